The highest BCUT2D eigenvalue weighted by Crippen LogP contribution is 2.06. The van der Waals surface area contributed by atoms with Gasteiger partial charge in [-0.05, 0) is 38.1 Å². The second-order valence-electron chi connectivity index (χ2n) is 4.96. The molecule has 2 amide bonds. The smallest absolute Gasteiger partial charge is 0.251 e. The van der Waals surface area contributed by atoms with E-state index in [2.05, 4.69) is 5.32 Å². The molecular weight excluding hydrogens is 260 g/mol. The van der Waals surface area contributed by atoms with Gasteiger partial charge in [0.2, 0.25) is 5.91 Å². The second kappa shape index (κ2) is 7.02. The first-order valence-electron chi connectivity index (χ1n) is 6.28. The van der Waals surface area contributed by atoms with Crippen LogP contribution in [0.3, 0.4) is 0 Å². The van der Waals surface area contributed by atoms with Gasteiger partial charge >= 0.3 is 0 Å². The average molecular weight is 280 g/mol. The van der Waals surface area contributed by atoms with Crippen molar-refractivity contribution in [3.05, 3.63) is 35.4 Å². The van der Waals surface area contributed by atoms with Crippen LogP contribution in [0.2, 0.25) is 0 Å². The Labute approximate surface area is 117 Å². The lowest BCUT2D eigenvalue weighted by atomic mass is 10.1. The van der Waals surface area contributed by atoms with Gasteiger partial charge in [-0.1, -0.05) is 0 Å². The molecule has 0 saturated carbocycles. The maximum atomic E-state index is 11.8. The topological polar surface area (TPSA) is 102 Å². The van der Waals surface area contributed by atoms with Crippen molar-refractivity contribution in [3.63, 3.8) is 0 Å². The van der Waals surface area contributed by atoms with Gasteiger partial charge in [-0.25, -0.2) is 0 Å². The van der Waals surface area contributed by atoms with Crippen LogP contribution in [-0.4, -0.2) is 42.3 Å². The van der Waals surface area contributed by atoms with E-state index in [1.165, 1.54) is 24.3 Å². The summed E-state index contributed by atoms with van der Waals surface area (Å²) in [4.78, 5) is 22.7. The molecule has 0 radical (unpaired) electrons. The van der Waals surface area contributed by atoms with Gasteiger partial charge < -0.3 is 20.9 Å². The van der Waals surface area contributed by atoms with Crippen molar-refractivity contribution >= 4 is 11.8 Å². The number of ether oxygens (including phenoxy) is 1. The predicted octanol–water partition coefficient (Wildman–Crippen LogP) is 0.303. The lowest BCUT2D eigenvalue weighted by Crippen LogP contribution is -2.34. The maximum absolute atomic E-state index is 11.8. The first kappa shape index (κ1) is 16.1. The van der Waals surface area contributed by atoms with Crippen LogP contribution >= 0.6 is 0 Å². The summed E-state index contributed by atoms with van der Waals surface area (Å²) in [6, 6.07) is 6.08. The van der Waals surface area contributed by atoms with Crippen LogP contribution in [0.1, 0.15) is 34.6 Å². The summed E-state index contributed by atoms with van der Waals surface area (Å²) in [7, 11) is 0. The third-order valence-corrected chi connectivity index (χ3v) is 2.69. The molecule has 1 aromatic rings. The molecule has 0 heterocycles. The molecule has 0 bridgehead atoms. The van der Waals surface area contributed by atoms with Gasteiger partial charge in [0, 0.05) is 17.7 Å². The van der Waals surface area contributed by atoms with Crippen molar-refractivity contribution in [1.82, 2.24) is 5.32 Å². The second-order valence-corrected chi connectivity index (χ2v) is 4.96. The molecule has 0 atom stereocenters. The molecule has 1 aromatic carbocycles. The van der Waals surface area contributed by atoms with Gasteiger partial charge in [0.1, 0.15) is 0 Å². The van der Waals surface area contributed by atoms with E-state index >= 15 is 0 Å². The number of hydrogen-bond acceptors (Lipinski definition) is 4. The third-order valence-electron chi connectivity index (χ3n) is 2.69. The van der Waals surface area contributed by atoms with Crippen molar-refractivity contribution in [2.45, 2.75) is 19.4 Å². The Morgan fingerprint density at radius 1 is 1.25 bits per heavy atom. The van der Waals surface area contributed by atoms with Gasteiger partial charge in [0.05, 0.1) is 18.8 Å². The highest BCUT2D eigenvalue weighted by Gasteiger charge is 2.16. The van der Waals surface area contributed by atoms with Gasteiger partial charge in [0.15, 0.2) is 0 Å². The highest BCUT2D eigenvalue weighted by molar-refractivity contribution is 5.97. The number of amides is 2. The SMILES string of the molecule is CC(C)(CO)OCCNC(=O)c1ccc(C(N)=O)cc1. The van der Waals surface area contributed by atoms with Crippen molar-refractivity contribution in [2.24, 2.45) is 5.73 Å². The normalized spacial score (nSPS) is 11.2. The molecule has 4 N–H and O–H groups in total. The number of carbonyl (C=O) groups is 2. The molecule has 1 rings (SSSR count). The Balaban J connectivity index is 2.41. The van der Waals surface area contributed by atoms with Crippen LogP contribution < -0.4 is 11.1 Å². The fraction of sp³-hybridized carbons (Fsp3) is 0.429. The van der Waals surface area contributed by atoms with Gasteiger partial charge in [-0.15, -0.1) is 0 Å². The van der Waals surface area contributed by atoms with Crippen molar-refractivity contribution in [1.29, 1.82) is 0 Å². The summed E-state index contributed by atoms with van der Waals surface area (Å²) in [6.45, 7) is 4.07. The number of aliphatic hydroxyl groups excluding tert-OH is 1. The predicted molar refractivity (Wildman–Crippen MR) is 74.4 cm³/mol. The lowest BCUT2D eigenvalue weighted by Gasteiger charge is -2.22. The van der Waals surface area contributed by atoms with E-state index in [1.54, 1.807) is 13.8 Å². The number of carbonyl (C=O) groups excluding carboxylic acids is 2. The van der Waals surface area contributed by atoms with Crippen LogP contribution in [0.4, 0.5) is 0 Å². The average Bonchev–Trinajstić information content (AvgIpc) is 2.43. The van der Waals surface area contributed by atoms with E-state index < -0.39 is 11.5 Å². The number of benzene rings is 1. The van der Waals surface area contributed by atoms with E-state index in [1.807, 2.05) is 0 Å². The Morgan fingerprint density at radius 2 is 1.80 bits per heavy atom. The van der Waals surface area contributed by atoms with Crippen LogP contribution in [0.15, 0.2) is 24.3 Å². The Hall–Kier alpha value is -1.92. The first-order valence-corrected chi connectivity index (χ1v) is 6.28. The minimum atomic E-state index is -0.617. The summed E-state index contributed by atoms with van der Waals surface area (Å²) in [5, 5.41) is 11.7. The number of primary amides is 1. The fourth-order valence-corrected chi connectivity index (χ4v) is 1.43. The number of rotatable bonds is 7. The Morgan fingerprint density at radius 3 is 2.30 bits per heavy atom. The Kier molecular flexibility index (Phi) is 5.66. The zero-order valence-electron chi connectivity index (χ0n) is 11.7. The summed E-state index contributed by atoms with van der Waals surface area (Å²) >= 11 is 0. The van der Waals surface area contributed by atoms with E-state index in [4.69, 9.17) is 15.6 Å². The number of nitrogens with two attached hydrogens (primary N) is 1. The molecule has 20 heavy (non-hydrogen) atoms. The summed E-state index contributed by atoms with van der Waals surface area (Å²) in [5.74, 6) is -0.789. The highest BCUT2D eigenvalue weighted by atomic mass is 16.5. The summed E-state index contributed by atoms with van der Waals surface area (Å²) in [5.41, 5.74) is 5.30. The van der Waals surface area contributed by atoms with E-state index in [-0.39, 0.29) is 12.5 Å². The molecular formula is C14H20N2O4. The molecule has 6 heteroatoms. The lowest BCUT2D eigenvalue weighted by molar-refractivity contribution is -0.0513. The fourth-order valence-electron chi connectivity index (χ4n) is 1.43. The molecule has 110 valence electrons. The largest absolute Gasteiger partial charge is 0.393 e. The molecule has 0 aliphatic heterocycles. The number of hydrogen-bond donors (Lipinski definition) is 3. The van der Waals surface area contributed by atoms with Crippen LogP contribution in [0, 0.1) is 0 Å². The van der Waals surface area contributed by atoms with Crippen LogP contribution in [0.25, 0.3) is 0 Å². The van der Waals surface area contributed by atoms with E-state index in [9.17, 15) is 9.59 Å². The van der Waals surface area contributed by atoms with Crippen LogP contribution in [-0.2, 0) is 4.74 Å². The van der Waals surface area contributed by atoms with Crippen molar-refractivity contribution in [3.8, 4) is 0 Å². The molecule has 0 fully saturated rings. The minimum absolute atomic E-state index is 0.0878. The minimum Gasteiger partial charge on any atom is -0.393 e. The van der Waals surface area contributed by atoms with Gasteiger partial charge in [-0.2, -0.15) is 0 Å². The number of aliphatic hydroxyl groups is 1. The zero-order valence-corrected chi connectivity index (χ0v) is 11.7. The van der Waals surface area contributed by atoms with Crippen LogP contribution in [0.5, 0.6) is 0 Å². The quantitative estimate of drug-likeness (QED) is 0.625. The summed E-state index contributed by atoms with van der Waals surface area (Å²) < 4.78 is 5.39. The molecule has 0 aliphatic rings. The van der Waals surface area contributed by atoms with Crippen molar-refractivity contribution < 1.29 is 19.4 Å². The molecule has 0 saturated heterocycles. The third kappa shape index (κ3) is 4.99. The molecule has 0 spiro atoms. The molecule has 0 aromatic heterocycles. The Bertz CT molecular complexity index is 469. The monoisotopic (exact) mass is 280 g/mol. The van der Waals surface area contributed by atoms with Crippen molar-refractivity contribution in [2.75, 3.05) is 19.8 Å². The molecule has 6 nitrogen and oxygen atoms in total. The molecule has 0 unspecified atom stereocenters. The zero-order chi connectivity index (χ0) is 15.2. The number of nitrogens with one attached hydrogen (secondary N) is 1. The summed E-state index contributed by atoms with van der Waals surface area (Å²) in [6.07, 6.45) is 0. The molecule has 0 aliphatic carbocycles. The maximum Gasteiger partial charge on any atom is 0.251 e. The first-order chi connectivity index (χ1) is 9.35. The van der Waals surface area contributed by atoms with E-state index in [0.29, 0.717) is 24.3 Å². The standard InChI is InChI=1S/C14H20N2O4/c1-14(2,9-17)20-8-7-16-13(19)11-5-3-10(4-6-11)12(15)18/h3-6,17H,7-9H2,1-2H3,(H2,15,18)(H,16,19). The van der Waals surface area contributed by atoms with Gasteiger partial charge in [0.25, 0.3) is 5.91 Å². The van der Waals surface area contributed by atoms with E-state index in [0.717, 1.165) is 0 Å². The van der Waals surface area contributed by atoms with Gasteiger partial charge in [-0.3, -0.25) is 9.59 Å².